The van der Waals surface area contributed by atoms with E-state index in [2.05, 4.69) is 10.6 Å². The highest BCUT2D eigenvalue weighted by molar-refractivity contribution is 5.47. The van der Waals surface area contributed by atoms with Crippen LogP contribution in [0.3, 0.4) is 0 Å². The van der Waals surface area contributed by atoms with Gasteiger partial charge in [0.15, 0.2) is 0 Å². The number of hydrogen-bond donors (Lipinski definition) is 2. The average molecular weight is 328 g/mol. The van der Waals surface area contributed by atoms with E-state index in [1.165, 1.54) is 0 Å². The maximum absolute atomic E-state index is 5.23. The smallest absolute Gasteiger partial charge is 0.104 e. The molecule has 128 valence electrons. The number of anilines is 2. The van der Waals surface area contributed by atoms with E-state index in [1.54, 1.807) is 0 Å². The summed E-state index contributed by atoms with van der Waals surface area (Å²) in [7, 11) is 0. The fourth-order valence-electron chi connectivity index (χ4n) is 2.02. The van der Waals surface area contributed by atoms with Crippen molar-refractivity contribution in [2.75, 3.05) is 43.7 Å². The number of nitrogens with one attached hydrogen (secondary N) is 2. The van der Waals surface area contributed by atoms with Crippen LogP contribution in [0.25, 0.3) is 0 Å². The van der Waals surface area contributed by atoms with Gasteiger partial charge < -0.3 is 24.8 Å². The van der Waals surface area contributed by atoms with Gasteiger partial charge in [0.25, 0.3) is 0 Å². The largest absolute Gasteiger partial charge is 0.376 e. The van der Waals surface area contributed by atoms with E-state index in [1.807, 2.05) is 60.7 Å². The average Bonchev–Trinajstić information content (AvgIpc) is 3.53. The van der Waals surface area contributed by atoms with Crippen LogP contribution in [0.1, 0.15) is 0 Å². The molecule has 2 aliphatic rings. The van der Waals surface area contributed by atoms with Crippen LogP contribution in [0, 0.1) is 0 Å². The first-order chi connectivity index (χ1) is 11.9. The summed E-state index contributed by atoms with van der Waals surface area (Å²) in [4.78, 5) is 0. The molecule has 0 saturated carbocycles. The molecule has 2 N–H and O–H groups in total. The number of hydrogen-bond acceptors (Lipinski definition) is 5. The highest BCUT2D eigenvalue weighted by atomic mass is 16.6. The fraction of sp³-hybridized carbons (Fsp3) is 0.368. The predicted molar refractivity (Wildman–Crippen MR) is 95.3 cm³/mol. The van der Waals surface area contributed by atoms with Crippen molar-refractivity contribution in [3.8, 4) is 0 Å². The van der Waals surface area contributed by atoms with Gasteiger partial charge in [-0.3, -0.25) is 0 Å². The molecule has 0 aromatic heterocycles. The normalized spacial score (nSPS) is 20.5. The molecule has 2 unspecified atom stereocenters. The van der Waals surface area contributed by atoms with Crippen LogP contribution in [0.4, 0.5) is 11.4 Å². The highest BCUT2D eigenvalue weighted by Crippen LogP contribution is 2.12. The Morgan fingerprint density at radius 3 is 1.54 bits per heavy atom. The van der Waals surface area contributed by atoms with E-state index < -0.39 is 0 Å². The minimum absolute atomic E-state index is 0.392. The van der Waals surface area contributed by atoms with Gasteiger partial charge in [-0.1, -0.05) is 36.4 Å². The third-order valence-electron chi connectivity index (χ3n) is 3.54. The summed E-state index contributed by atoms with van der Waals surface area (Å²) >= 11 is 0. The zero-order valence-corrected chi connectivity index (χ0v) is 13.7. The topological polar surface area (TPSA) is 58.4 Å². The van der Waals surface area contributed by atoms with Gasteiger partial charge in [-0.25, -0.2) is 0 Å². The third kappa shape index (κ3) is 7.00. The molecule has 5 heteroatoms. The second-order valence-electron chi connectivity index (χ2n) is 5.71. The van der Waals surface area contributed by atoms with E-state index in [4.69, 9.17) is 14.2 Å². The number of rotatable bonds is 8. The molecule has 2 aromatic carbocycles. The van der Waals surface area contributed by atoms with Crippen LogP contribution in [0.2, 0.25) is 0 Å². The van der Waals surface area contributed by atoms with Crippen LogP contribution in [-0.2, 0) is 14.2 Å². The Bertz CT molecular complexity index is 520. The standard InChI is InChI=1S/C13H14N2.C6H10O3/c1-3-7-12(8-4-1)14-11-15-13-9-5-2-6-10-13;1(5-3-8-5)7-2-6-4-9-6/h1-10,14-15H,11H2;5-6H,1-4H2. The lowest BCUT2D eigenvalue weighted by Crippen LogP contribution is -2.11. The van der Waals surface area contributed by atoms with Crippen molar-refractivity contribution >= 4 is 11.4 Å². The first kappa shape index (κ1) is 16.8. The van der Waals surface area contributed by atoms with E-state index >= 15 is 0 Å². The molecule has 0 spiro atoms. The maximum atomic E-state index is 5.23. The molecule has 2 atom stereocenters. The summed E-state index contributed by atoms with van der Waals surface area (Å²) in [6, 6.07) is 20.3. The molecule has 0 radical (unpaired) electrons. The van der Waals surface area contributed by atoms with E-state index in [0.29, 0.717) is 12.2 Å². The molecule has 5 nitrogen and oxygen atoms in total. The van der Waals surface area contributed by atoms with E-state index in [0.717, 1.165) is 44.5 Å². The molecule has 24 heavy (non-hydrogen) atoms. The van der Waals surface area contributed by atoms with Crippen molar-refractivity contribution in [1.29, 1.82) is 0 Å². The van der Waals surface area contributed by atoms with Crippen LogP contribution in [-0.4, -0.2) is 45.3 Å². The molecule has 0 aliphatic carbocycles. The molecule has 0 bridgehead atoms. The van der Waals surface area contributed by atoms with Crippen molar-refractivity contribution in [1.82, 2.24) is 0 Å². The molecule has 4 rings (SSSR count). The molecule has 2 heterocycles. The van der Waals surface area contributed by atoms with Crippen molar-refractivity contribution < 1.29 is 14.2 Å². The molecular formula is C19H24N2O3. The Balaban J connectivity index is 0.000000159. The summed E-state index contributed by atoms with van der Waals surface area (Å²) in [5, 5.41) is 6.56. The number of ether oxygens (including phenoxy) is 3. The van der Waals surface area contributed by atoms with Crippen molar-refractivity contribution in [2.24, 2.45) is 0 Å². The first-order valence-corrected chi connectivity index (χ1v) is 8.29. The Morgan fingerprint density at radius 2 is 1.17 bits per heavy atom. The Morgan fingerprint density at radius 1 is 0.750 bits per heavy atom. The van der Waals surface area contributed by atoms with Gasteiger partial charge in [0, 0.05) is 11.4 Å². The van der Waals surface area contributed by atoms with Gasteiger partial charge in [-0.15, -0.1) is 0 Å². The summed E-state index contributed by atoms with van der Waals surface area (Å²) in [5.41, 5.74) is 2.25. The van der Waals surface area contributed by atoms with E-state index in [-0.39, 0.29) is 0 Å². The molecule has 2 aliphatic heterocycles. The van der Waals surface area contributed by atoms with Crippen LogP contribution in [0.5, 0.6) is 0 Å². The molecular weight excluding hydrogens is 304 g/mol. The highest BCUT2D eigenvalue weighted by Gasteiger charge is 2.26. The zero-order chi connectivity index (χ0) is 16.5. The maximum Gasteiger partial charge on any atom is 0.104 e. The Kier molecular flexibility index (Phi) is 6.48. The minimum atomic E-state index is 0.392. The quantitative estimate of drug-likeness (QED) is 0.576. The van der Waals surface area contributed by atoms with Crippen LogP contribution >= 0.6 is 0 Å². The Hall–Kier alpha value is -2.08. The predicted octanol–water partition coefficient (Wildman–Crippen LogP) is 2.97. The lowest BCUT2D eigenvalue weighted by molar-refractivity contribution is 0.102. The fourth-order valence-corrected chi connectivity index (χ4v) is 2.02. The third-order valence-corrected chi connectivity index (χ3v) is 3.54. The lowest BCUT2D eigenvalue weighted by atomic mass is 10.3. The summed E-state index contributed by atoms with van der Waals surface area (Å²) in [6.07, 6.45) is 0.785. The van der Waals surface area contributed by atoms with Gasteiger partial charge >= 0.3 is 0 Å². The lowest BCUT2D eigenvalue weighted by Gasteiger charge is -2.08. The number of para-hydroxylation sites is 2. The van der Waals surface area contributed by atoms with Gasteiger partial charge in [0.2, 0.25) is 0 Å². The number of epoxide rings is 2. The molecule has 2 fully saturated rings. The van der Waals surface area contributed by atoms with Crippen LogP contribution in [0.15, 0.2) is 60.7 Å². The van der Waals surface area contributed by atoms with E-state index in [9.17, 15) is 0 Å². The van der Waals surface area contributed by atoms with Crippen molar-refractivity contribution in [2.45, 2.75) is 12.2 Å². The van der Waals surface area contributed by atoms with Gasteiger partial charge in [-0.2, -0.15) is 0 Å². The SMILES string of the molecule is C(OCC1CO1)C1CO1.c1ccc(NCNc2ccccc2)cc1. The van der Waals surface area contributed by atoms with Crippen LogP contribution < -0.4 is 10.6 Å². The van der Waals surface area contributed by atoms with Crippen molar-refractivity contribution in [3.63, 3.8) is 0 Å². The minimum Gasteiger partial charge on any atom is -0.376 e. The zero-order valence-electron chi connectivity index (χ0n) is 13.7. The molecule has 2 saturated heterocycles. The monoisotopic (exact) mass is 328 g/mol. The second-order valence-corrected chi connectivity index (χ2v) is 5.71. The van der Waals surface area contributed by atoms with Crippen molar-refractivity contribution in [3.05, 3.63) is 60.7 Å². The summed E-state index contributed by atoms with van der Waals surface area (Å²) in [6.45, 7) is 3.99. The Labute approximate surface area is 142 Å². The summed E-state index contributed by atoms with van der Waals surface area (Å²) < 4.78 is 15.1. The van der Waals surface area contributed by atoms with Gasteiger partial charge in [0.1, 0.15) is 12.2 Å². The van der Waals surface area contributed by atoms with Gasteiger partial charge in [-0.05, 0) is 24.3 Å². The van der Waals surface area contributed by atoms with Gasteiger partial charge in [0.05, 0.1) is 33.1 Å². The first-order valence-electron chi connectivity index (χ1n) is 8.29. The summed E-state index contributed by atoms with van der Waals surface area (Å²) in [5.74, 6) is 0. The second kappa shape index (κ2) is 9.27. The molecule has 0 amide bonds. The number of benzene rings is 2. The molecule has 2 aromatic rings.